The Morgan fingerprint density at radius 2 is 2.31 bits per heavy atom. The largest absolute Gasteiger partial charge is 0.465 e. The Balaban J connectivity index is 2.22. The van der Waals surface area contributed by atoms with Crippen LogP contribution in [-0.4, -0.2) is 25.5 Å². The van der Waals surface area contributed by atoms with Crippen molar-refractivity contribution in [3.63, 3.8) is 0 Å². The summed E-state index contributed by atoms with van der Waals surface area (Å²) in [7, 11) is 1.36. The average molecular weight is 219 g/mol. The molecule has 1 N–H and O–H groups in total. The first-order valence-electron chi connectivity index (χ1n) is 5.15. The van der Waals surface area contributed by atoms with Crippen LogP contribution in [0.25, 0.3) is 0 Å². The third-order valence-corrected chi connectivity index (χ3v) is 2.76. The van der Waals surface area contributed by atoms with Gasteiger partial charge in [0.2, 0.25) is 5.91 Å². The quantitative estimate of drug-likeness (QED) is 0.757. The minimum Gasteiger partial charge on any atom is -0.465 e. The molecule has 1 atom stereocenters. The fraction of sp³-hybridized carbons (Fsp3) is 0.333. The normalized spacial score (nSPS) is 19.3. The van der Waals surface area contributed by atoms with Crippen molar-refractivity contribution in [2.45, 2.75) is 12.3 Å². The van der Waals surface area contributed by atoms with Gasteiger partial charge in [-0.1, -0.05) is 12.1 Å². The fourth-order valence-corrected chi connectivity index (χ4v) is 1.88. The molecule has 1 aromatic carbocycles. The first-order valence-corrected chi connectivity index (χ1v) is 5.15. The maximum absolute atomic E-state index is 11.3. The molecule has 0 spiro atoms. The number of benzene rings is 1. The molecule has 0 bridgehead atoms. The minimum absolute atomic E-state index is 0.0634. The lowest BCUT2D eigenvalue weighted by Crippen LogP contribution is -2.13. The number of nitrogens with one attached hydrogen (secondary N) is 1. The van der Waals surface area contributed by atoms with Crippen LogP contribution in [0.2, 0.25) is 0 Å². The first-order chi connectivity index (χ1) is 7.70. The predicted molar refractivity (Wildman–Crippen MR) is 58.1 cm³/mol. The second-order valence-corrected chi connectivity index (χ2v) is 3.82. The Morgan fingerprint density at radius 3 is 2.94 bits per heavy atom. The van der Waals surface area contributed by atoms with E-state index in [1.54, 1.807) is 12.1 Å². The standard InChI is InChI=1S/C12H13NO3/c1-16-12(15)9-4-2-3-8(5-9)10-6-11(14)13-7-10/h2-5,10H,6-7H2,1H3,(H,13,14). The number of ether oxygens (including phenoxy) is 1. The first kappa shape index (κ1) is 10.7. The molecule has 1 fully saturated rings. The average Bonchev–Trinajstić information content (AvgIpc) is 2.75. The van der Waals surface area contributed by atoms with E-state index in [2.05, 4.69) is 10.1 Å². The molecule has 1 aliphatic rings. The minimum atomic E-state index is -0.348. The Morgan fingerprint density at radius 1 is 1.50 bits per heavy atom. The van der Waals surface area contributed by atoms with E-state index in [0.29, 0.717) is 18.5 Å². The second-order valence-electron chi connectivity index (χ2n) is 3.82. The highest BCUT2D eigenvalue weighted by molar-refractivity contribution is 5.89. The van der Waals surface area contributed by atoms with Crippen LogP contribution in [0.3, 0.4) is 0 Å². The van der Waals surface area contributed by atoms with Crippen molar-refractivity contribution in [1.82, 2.24) is 5.32 Å². The maximum atomic E-state index is 11.3. The summed E-state index contributed by atoms with van der Waals surface area (Å²) in [6.07, 6.45) is 0.491. The van der Waals surface area contributed by atoms with Crippen molar-refractivity contribution < 1.29 is 14.3 Å². The Kier molecular flexibility index (Phi) is 2.90. The second kappa shape index (κ2) is 4.35. The van der Waals surface area contributed by atoms with Crippen LogP contribution in [0.4, 0.5) is 0 Å². The Bertz CT molecular complexity index is 428. The number of amides is 1. The zero-order valence-corrected chi connectivity index (χ0v) is 9.03. The molecule has 1 amide bonds. The monoisotopic (exact) mass is 219 g/mol. The van der Waals surface area contributed by atoms with Crippen molar-refractivity contribution in [3.8, 4) is 0 Å². The van der Waals surface area contributed by atoms with E-state index in [-0.39, 0.29) is 17.8 Å². The van der Waals surface area contributed by atoms with Gasteiger partial charge in [-0.2, -0.15) is 0 Å². The number of hydrogen-bond donors (Lipinski definition) is 1. The van der Waals surface area contributed by atoms with E-state index in [9.17, 15) is 9.59 Å². The molecule has 1 heterocycles. The van der Waals surface area contributed by atoms with Crippen LogP contribution in [0.1, 0.15) is 28.3 Å². The van der Waals surface area contributed by atoms with Gasteiger partial charge < -0.3 is 10.1 Å². The summed E-state index contributed by atoms with van der Waals surface area (Å²) >= 11 is 0. The van der Waals surface area contributed by atoms with E-state index in [1.165, 1.54) is 7.11 Å². The van der Waals surface area contributed by atoms with Crippen molar-refractivity contribution in [1.29, 1.82) is 0 Å². The van der Waals surface area contributed by atoms with E-state index < -0.39 is 0 Å². The van der Waals surface area contributed by atoms with Crippen molar-refractivity contribution in [3.05, 3.63) is 35.4 Å². The van der Waals surface area contributed by atoms with Gasteiger partial charge in [-0.25, -0.2) is 4.79 Å². The molecule has 0 aromatic heterocycles. The molecule has 16 heavy (non-hydrogen) atoms. The van der Waals surface area contributed by atoms with Gasteiger partial charge in [0.25, 0.3) is 0 Å². The number of carbonyl (C=O) groups is 2. The number of rotatable bonds is 2. The summed E-state index contributed by atoms with van der Waals surface area (Å²) in [5, 5.41) is 2.78. The molecular formula is C12H13NO3. The van der Waals surface area contributed by atoms with E-state index >= 15 is 0 Å². The fourth-order valence-electron chi connectivity index (χ4n) is 1.88. The molecule has 0 radical (unpaired) electrons. The highest BCUT2D eigenvalue weighted by Crippen LogP contribution is 2.23. The highest BCUT2D eigenvalue weighted by Gasteiger charge is 2.23. The maximum Gasteiger partial charge on any atom is 0.337 e. The lowest BCUT2D eigenvalue weighted by atomic mass is 9.96. The molecule has 2 rings (SSSR count). The predicted octanol–water partition coefficient (Wildman–Crippen LogP) is 1.08. The van der Waals surface area contributed by atoms with Crippen LogP contribution in [-0.2, 0) is 9.53 Å². The van der Waals surface area contributed by atoms with Crippen molar-refractivity contribution >= 4 is 11.9 Å². The number of esters is 1. The molecular weight excluding hydrogens is 206 g/mol. The molecule has 84 valence electrons. The van der Waals surface area contributed by atoms with Gasteiger partial charge in [-0.15, -0.1) is 0 Å². The van der Waals surface area contributed by atoms with E-state index in [4.69, 9.17) is 0 Å². The third-order valence-electron chi connectivity index (χ3n) is 2.76. The molecule has 0 aliphatic carbocycles. The van der Waals surface area contributed by atoms with Gasteiger partial charge in [-0.3, -0.25) is 4.79 Å². The molecule has 1 aromatic rings. The smallest absolute Gasteiger partial charge is 0.337 e. The van der Waals surface area contributed by atoms with E-state index in [0.717, 1.165) is 5.56 Å². The van der Waals surface area contributed by atoms with E-state index in [1.807, 2.05) is 12.1 Å². The highest BCUT2D eigenvalue weighted by atomic mass is 16.5. The summed E-state index contributed by atoms with van der Waals surface area (Å²) in [6, 6.07) is 7.23. The SMILES string of the molecule is COC(=O)c1cccc(C2CNC(=O)C2)c1. The van der Waals surface area contributed by atoms with Gasteiger partial charge in [0.15, 0.2) is 0 Å². The van der Waals surface area contributed by atoms with Gasteiger partial charge in [0.1, 0.15) is 0 Å². The molecule has 0 saturated carbocycles. The molecule has 1 aliphatic heterocycles. The van der Waals surface area contributed by atoms with Crippen LogP contribution in [0, 0.1) is 0 Å². The zero-order valence-electron chi connectivity index (χ0n) is 9.03. The molecule has 4 heteroatoms. The molecule has 4 nitrogen and oxygen atoms in total. The van der Waals surface area contributed by atoms with Gasteiger partial charge in [-0.05, 0) is 17.7 Å². The van der Waals surface area contributed by atoms with Gasteiger partial charge in [0.05, 0.1) is 12.7 Å². The van der Waals surface area contributed by atoms with Crippen LogP contribution in [0.15, 0.2) is 24.3 Å². The van der Waals surface area contributed by atoms with Crippen LogP contribution >= 0.6 is 0 Å². The number of methoxy groups -OCH3 is 1. The summed E-state index contributed by atoms with van der Waals surface area (Å²) in [5.74, 6) is -0.121. The Labute approximate surface area is 93.6 Å². The van der Waals surface area contributed by atoms with Crippen molar-refractivity contribution in [2.75, 3.05) is 13.7 Å². The molecule has 1 unspecified atom stereocenters. The van der Waals surface area contributed by atoms with Gasteiger partial charge in [0, 0.05) is 18.9 Å². The summed E-state index contributed by atoms with van der Waals surface area (Å²) in [4.78, 5) is 22.4. The third kappa shape index (κ3) is 2.05. The summed E-state index contributed by atoms with van der Waals surface area (Å²) in [6.45, 7) is 0.642. The summed E-state index contributed by atoms with van der Waals surface area (Å²) < 4.78 is 4.65. The lowest BCUT2D eigenvalue weighted by Gasteiger charge is -2.08. The van der Waals surface area contributed by atoms with Crippen LogP contribution in [0.5, 0.6) is 0 Å². The van der Waals surface area contributed by atoms with Crippen molar-refractivity contribution in [2.24, 2.45) is 0 Å². The number of carbonyl (C=O) groups excluding carboxylic acids is 2. The van der Waals surface area contributed by atoms with Crippen LogP contribution < -0.4 is 5.32 Å². The Hall–Kier alpha value is -1.84. The van der Waals surface area contributed by atoms with Gasteiger partial charge >= 0.3 is 5.97 Å². The molecule has 1 saturated heterocycles. The topological polar surface area (TPSA) is 55.4 Å². The number of hydrogen-bond acceptors (Lipinski definition) is 3. The lowest BCUT2D eigenvalue weighted by molar-refractivity contribution is -0.119. The zero-order chi connectivity index (χ0) is 11.5. The summed E-state index contributed by atoms with van der Waals surface area (Å²) in [5.41, 5.74) is 1.53.